The van der Waals surface area contributed by atoms with Crippen molar-refractivity contribution in [3.05, 3.63) is 139 Å². The van der Waals surface area contributed by atoms with Crippen molar-refractivity contribution in [3.63, 3.8) is 0 Å². The third-order valence-electron chi connectivity index (χ3n) is 9.11. The summed E-state index contributed by atoms with van der Waals surface area (Å²) in [5.41, 5.74) is 2.35. The van der Waals surface area contributed by atoms with Gasteiger partial charge in [-0.3, -0.25) is 24.1 Å². The van der Waals surface area contributed by atoms with Gasteiger partial charge in [0.2, 0.25) is 5.78 Å². The van der Waals surface area contributed by atoms with Crippen LogP contribution in [0.1, 0.15) is 55.3 Å². The number of carbonyl (C=O) groups is 5. The largest absolute Gasteiger partial charge is 0.465 e. The zero-order valence-corrected chi connectivity index (χ0v) is 35.3. The number of nitrogens with zero attached hydrogens (tertiary/aromatic N) is 5. The van der Waals surface area contributed by atoms with Crippen molar-refractivity contribution in [1.82, 2.24) is 19.6 Å². The number of amides is 3. The standard InChI is InChI=1S/C20H19IN2O3.C14H17N3O.C8H7IO2/c1-14-13-22(19(25)16-5-3-2-4-6-16)11-12-23(14)20(26)18(24)15-7-9-17(21)10-8-15;1-12-11-17(10-9-16(12)8-7-15)14(18)13-5-3-2-4-6-13;1-11-8(10)6-2-4-7(9)5-3-6/h2-10,14H,11-13H2,1H3;2-6,12H,8-11H2,1H3;2-5H,1H3. The molecule has 0 spiro atoms. The molecule has 6 rings (SSSR count). The molecule has 2 aliphatic rings. The third-order valence-corrected chi connectivity index (χ3v) is 10.5. The first kappa shape index (κ1) is 43.1. The van der Waals surface area contributed by atoms with Crippen molar-refractivity contribution in [2.45, 2.75) is 25.9 Å². The van der Waals surface area contributed by atoms with Crippen molar-refractivity contribution in [1.29, 1.82) is 5.26 Å². The van der Waals surface area contributed by atoms with Crippen molar-refractivity contribution in [2.24, 2.45) is 0 Å². The molecule has 0 aliphatic carbocycles. The van der Waals surface area contributed by atoms with E-state index in [0.717, 1.165) is 19.2 Å². The summed E-state index contributed by atoms with van der Waals surface area (Å²) in [7, 11) is 1.38. The predicted molar refractivity (Wildman–Crippen MR) is 227 cm³/mol. The van der Waals surface area contributed by atoms with Crippen LogP contribution in [0.5, 0.6) is 0 Å². The van der Waals surface area contributed by atoms with E-state index in [0.29, 0.717) is 56.0 Å². The van der Waals surface area contributed by atoms with Crippen LogP contribution in [-0.4, -0.2) is 114 Å². The van der Waals surface area contributed by atoms with Crippen LogP contribution >= 0.6 is 45.2 Å². The number of methoxy groups -OCH3 is 1. The Balaban J connectivity index is 0.000000201. The van der Waals surface area contributed by atoms with Crippen LogP contribution in [0.25, 0.3) is 0 Å². The number of halogens is 2. The predicted octanol–water partition coefficient (Wildman–Crippen LogP) is 6.28. The van der Waals surface area contributed by atoms with Crippen LogP contribution in [0.3, 0.4) is 0 Å². The number of rotatable bonds is 6. The molecule has 0 radical (unpaired) electrons. The highest BCUT2D eigenvalue weighted by Crippen LogP contribution is 2.17. The summed E-state index contributed by atoms with van der Waals surface area (Å²) >= 11 is 4.33. The van der Waals surface area contributed by atoms with E-state index in [4.69, 9.17) is 5.26 Å². The molecule has 2 saturated heterocycles. The molecule has 0 aromatic heterocycles. The normalized spacial score (nSPS) is 16.6. The monoisotopic (exact) mass is 967 g/mol. The summed E-state index contributed by atoms with van der Waals surface area (Å²) in [5.74, 6) is -1.27. The topological polar surface area (TPSA) is 131 Å². The molecule has 2 fully saturated rings. The lowest BCUT2D eigenvalue weighted by Crippen LogP contribution is -2.56. The maximum atomic E-state index is 12.6. The highest BCUT2D eigenvalue weighted by atomic mass is 127. The maximum absolute atomic E-state index is 12.6. The molecule has 55 heavy (non-hydrogen) atoms. The zero-order valence-electron chi connectivity index (χ0n) is 30.9. The van der Waals surface area contributed by atoms with Crippen molar-refractivity contribution in [3.8, 4) is 6.07 Å². The van der Waals surface area contributed by atoms with Gasteiger partial charge in [-0.15, -0.1) is 0 Å². The van der Waals surface area contributed by atoms with Crippen molar-refractivity contribution in [2.75, 3.05) is 52.9 Å². The van der Waals surface area contributed by atoms with Crippen LogP contribution in [0, 0.1) is 18.5 Å². The van der Waals surface area contributed by atoms with E-state index in [-0.39, 0.29) is 29.9 Å². The first-order chi connectivity index (χ1) is 26.4. The van der Waals surface area contributed by atoms with E-state index >= 15 is 0 Å². The molecule has 286 valence electrons. The lowest BCUT2D eigenvalue weighted by molar-refractivity contribution is -0.130. The van der Waals surface area contributed by atoms with Gasteiger partial charge in [-0.1, -0.05) is 36.4 Å². The van der Waals surface area contributed by atoms with Gasteiger partial charge in [0.15, 0.2) is 0 Å². The van der Waals surface area contributed by atoms with Crippen LogP contribution in [0.15, 0.2) is 109 Å². The van der Waals surface area contributed by atoms with Gasteiger partial charge in [0.1, 0.15) is 0 Å². The Morgan fingerprint density at radius 1 is 0.636 bits per heavy atom. The zero-order chi connectivity index (χ0) is 39.9. The molecule has 2 heterocycles. The summed E-state index contributed by atoms with van der Waals surface area (Å²) in [6.07, 6.45) is 0. The van der Waals surface area contributed by atoms with Crippen LogP contribution < -0.4 is 0 Å². The van der Waals surface area contributed by atoms with Gasteiger partial charge in [0, 0.05) is 75.2 Å². The minimum absolute atomic E-state index is 0.0477. The number of esters is 1. The smallest absolute Gasteiger partial charge is 0.337 e. The fourth-order valence-corrected chi connectivity index (χ4v) is 6.75. The summed E-state index contributed by atoms with van der Waals surface area (Å²) in [6.45, 7) is 7.71. The van der Waals surface area contributed by atoms with Crippen LogP contribution in [0.2, 0.25) is 0 Å². The quantitative estimate of drug-likeness (QED) is 0.0726. The Bertz CT molecular complexity index is 1960. The number of ketones is 1. The van der Waals surface area contributed by atoms with Gasteiger partial charge in [0.05, 0.1) is 25.3 Å². The van der Waals surface area contributed by atoms with E-state index < -0.39 is 11.7 Å². The van der Waals surface area contributed by atoms with Gasteiger partial charge in [0.25, 0.3) is 17.7 Å². The molecule has 0 bridgehead atoms. The third kappa shape index (κ3) is 12.4. The molecule has 13 heteroatoms. The van der Waals surface area contributed by atoms with Crippen molar-refractivity contribution >= 4 is 74.7 Å². The van der Waals surface area contributed by atoms with Gasteiger partial charge in [-0.2, -0.15) is 5.26 Å². The van der Waals surface area contributed by atoms with Crippen molar-refractivity contribution < 1.29 is 28.7 Å². The number of Topliss-reactive ketones (excluding diaryl/α,β-unsaturated/α-hetero) is 1. The fraction of sp³-hybridized carbons (Fsp3) is 0.286. The number of ether oxygens (including phenoxy) is 1. The Kier molecular flexibility index (Phi) is 16.8. The van der Waals surface area contributed by atoms with E-state index in [2.05, 4.69) is 67.8 Å². The molecule has 0 N–H and O–H groups in total. The molecular formula is C42H43I2N5O6. The average Bonchev–Trinajstić information content (AvgIpc) is 3.22. The lowest BCUT2D eigenvalue weighted by Gasteiger charge is -2.39. The molecule has 4 aromatic rings. The Morgan fingerprint density at radius 3 is 1.53 bits per heavy atom. The highest BCUT2D eigenvalue weighted by molar-refractivity contribution is 14.1. The lowest BCUT2D eigenvalue weighted by atomic mass is 10.1. The van der Waals surface area contributed by atoms with Crippen LogP contribution in [0.4, 0.5) is 0 Å². The van der Waals surface area contributed by atoms with Gasteiger partial charge in [-0.05, 0) is 132 Å². The molecule has 2 atom stereocenters. The number of benzene rings is 4. The minimum Gasteiger partial charge on any atom is -0.465 e. The average molecular weight is 968 g/mol. The van der Waals surface area contributed by atoms with Gasteiger partial charge < -0.3 is 19.4 Å². The Morgan fingerprint density at radius 2 is 1.09 bits per heavy atom. The van der Waals surface area contributed by atoms with Gasteiger partial charge in [-0.25, -0.2) is 4.79 Å². The summed E-state index contributed by atoms with van der Waals surface area (Å²) in [6, 6.07) is 34.8. The number of carbonyl (C=O) groups excluding carboxylic acids is 5. The van der Waals surface area contributed by atoms with Gasteiger partial charge >= 0.3 is 5.97 Å². The van der Waals surface area contributed by atoms with E-state index in [1.165, 1.54) is 7.11 Å². The second-order valence-corrected chi connectivity index (χ2v) is 15.4. The van der Waals surface area contributed by atoms with E-state index in [9.17, 15) is 24.0 Å². The second-order valence-electron chi connectivity index (χ2n) is 12.9. The Hall–Kier alpha value is -4.66. The molecule has 0 saturated carbocycles. The van der Waals surface area contributed by atoms with Crippen LogP contribution in [-0.2, 0) is 9.53 Å². The number of hydrogen-bond acceptors (Lipinski definition) is 8. The molecule has 3 amide bonds. The Labute approximate surface area is 349 Å². The number of piperazine rings is 2. The van der Waals surface area contributed by atoms with E-state index in [1.54, 1.807) is 58.3 Å². The molecular weight excluding hydrogens is 924 g/mol. The molecule has 4 aromatic carbocycles. The molecule has 2 aliphatic heterocycles. The first-order valence-electron chi connectivity index (χ1n) is 17.7. The molecule has 2 unspecified atom stereocenters. The first-order valence-corrected chi connectivity index (χ1v) is 19.8. The number of hydrogen-bond donors (Lipinski definition) is 0. The summed E-state index contributed by atoms with van der Waals surface area (Å²) in [4.78, 5) is 68.1. The molecule has 11 nitrogen and oxygen atoms in total. The number of nitriles is 1. The summed E-state index contributed by atoms with van der Waals surface area (Å²) < 4.78 is 6.65. The highest BCUT2D eigenvalue weighted by Gasteiger charge is 2.33. The van der Waals surface area contributed by atoms with E-state index in [1.807, 2.05) is 72.5 Å². The summed E-state index contributed by atoms with van der Waals surface area (Å²) in [5, 5.41) is 8.72. The maximum Gasteiger partial charge on any atom is 0.337 e. The second kappa shape index (κ2) is 21.4. The minimum atomic E-state index is -0.509. The SMILES string of the molecule is CC1CN(C(=O)c2ccccc2)CCN1C(=O)C(=O)c1ccc(I)cc1.CC1CN(C(=O)c2ccccc2)CCN1CC#N.COC(=O)c1ccc(I)cc1. The fourth-order valence-electron chi connectivity index (χ4n) is 6.03.